The molecule has 2 rings (SSSR count). The van der Waals surface area contributed by atoms with Crippen molar-refractivity contribution >= 4 is 21.5 Å². The van der Waals surface area contributed by atoms with Crippen LogP contribution in [0.5, 0.6) is 11.5 Å². The average molecular weight is 332 g/mol. The molecule has 6 nitrogen and oxygen atoms in total. The molecule has 0 bridgehead atoms. The van der Waals surface area contributed by atoms with Crippen LogP contribution < -0.4 is 39.0 Å². The standard InChI is InChI=1S/C11H16O6S2.Na.H/c1-8(7-19(12,13)14)2-15-3-9-4-16-10-5-18-6-11(10)17-9;;/h5-6,8-9H,2-4,7H2,1H3,(H,12,13,14);;/q;+1;-1. The molecule has 1 aliphatic rings. The molecule has 2 unspecified atom stereocenters. The zero-order valence-corrected chi connectivity index (χ0v) is 15.1. The van der Waals surface area contributed by atoms with Crippen LogP contribution >= 0.6 is 11.3 Å². The predicted molar refractivity (Wildman–Crippen MR) is 71.7 cm³/mol. The number of hydrogen-bond acceptors (Lipinski definition) is 6. The molecule has 0 spiro atoms. The molecule has 1 aliphatic heterocycles. The summed E-state index contributed by atoms with van der Waals surface area (Å²) in [7, 11) is -3.95. The minimum atomic E-state index is -3.95. The maximum Gasteiger partial charge on any atom is 1.00 e. The van der Waals surface area contributed by atoms with Crippen molar-refractivity contribution in [2.75, 3.05) is 25.6 Å². The smallest absolute Gasteiger partial charge is 1.00 e. The van der Waals surface area contributed by atoms with Crippen molar-refractivity contribution in [2.24, 2.45) is 5.92 Å². The van der Waals surface area contributed by atoms with E-state index in [2.05, 4.69) is 0 Å². The Morgan fingerprint density at radius 2 is 2.25 bits per heavy atom. The molecular weight excluding hydrogens is 315 g/mol. The molecule has 0 aliphatic carbocycles. The van der Waals surface area contributed by atoms with Gasteiger partial charge in [-0.1, -0.05) is 6.92 Å². The van der Waals surface area contributed by atoms with Crippen molar-refractivity contribution in [1.29, 1.82) is 0 Å². The minimum absolute atomic E-state index is 0. The first-order chi connectivity index (χ1) is 8.94. The molecule has 0 saturated heterocycles. The molecule has 2 heterocycles. The summed E-state index contributed by atoms with van der Waals surface area (Å²) >= 11 is 1.51. The maximum absolute atomic E-state index is 10.7. The zero-order valence-electron chi connectivity index (χ0n) is 12.4. The third kappa shape index (κ3) is 5.88. The van der Waals surface area contributed by atoms with Gasteiger partial charge < -0.3 is 15.6 Å². The van der Waals surface area contributed by atoms with E-state index in [9.17, 15) is 8.42 Å². The first kappa shape index (κ1) is 18.2. The molecule has 0 radical (unpaired) electrons. The summed E-state index contributed by atoms with van der Waals surface area (Å²) in [4.78, 5) is 0. The van der Waals surface area contributed by atoms with E-state index in [-0.39, 0.29) is 55.4 Å². The second-order valence-corrected chi connectivity index (χ2v) is 6.78. The zero-order chi connectivity index (χ0) is 13.9. The summed E-state index contributed by atoms with van der Waals surface area (Å²) in [5.74, 6) is 0.900. The molecule has 1 N–H and O–H groups in total. The topological polar surface area (TPSA) is 82.1 Å². The summed E-state index contributed by atoms with van der Waals surface area (Å²) in [6.45, 7) is 2.68. The summed E-state index contributed by atoms with van der Waals surface area (Å²) in [5, 5.41) is 3.74. The van der Waals surface area contributed by atoms with Gasteiger partial charge in [0.2, 0.25) is 0 Å². The Hall–Kier alpha value is 0.170. The molecular formula is C11H17NaO6S2. The van der Waals surface area contributed by atoms with Crippen LogP contribution in [-0.4, -0.2) is 44.6 Å². The van der Waals surface area contributed by atoms with Crippen LogP contribution in [-0.2, 0) is 14.9 Å². The second kappa shape index (κ2) is 7.98. The monoisotopic (exact) mass is 332 g/mol. The third-order valence-electron chi connectivity index (χ3n) is 2.51. The molecule has 20 heavy (non-hydrogen) atoms. The van der Waals surface area contributed by atoms with Gasteiger partial charge >= 0.3 is 29.6 Å². The fourth-order valence-corrected chi connectivity index (χ4v) is 3.24. The first-order valence-electron chi connectivity index (χ1n) is 5.82. The second-order valence-electron chi connectivity index (χ2n) is 4.54. The summed E-state index contributed by atoms with van der Waals surface area (Å²) in [6.07, 6.45) is -0.194. The van der Waals surface area contributed by atoms with E-state index in [0.717, 1.165) is 11.5 Å². The molecule has 1 aromatic heterocycles. The number of thiophene rings is 1. The quantitative estimate of drug-likeness (QED) is 0.507. The number of hydrogen-bond donors (Lipinski definition) is 1. The number of ether oxygens (including phenoxy) is 3. The van der Waals surface area contributed by atoms with E-state index in [0.29, 0.717) is 13.2 Å². The summed E-state index contributed by atoms with van der Waals surface area (Å²) in [5.41, 5.74) is 0. The van der Waals surface area contributed by atoms with Crippen molar-refractivity contribution in [1.82, 2.24) is 0 Å². The Bertz CT molecular complexity index is 521. The van der Waals surface area contributed by atoms with Crippen LogP contribution in [0.4, 0.5) is 0 Å². The molecule has 2 atom stereocenters. The Balaban J connectivity index is 0.00000200. The van der Waals surface area contributed by atoms with Crippen molar-refractivity contribution in [3.05, 3.63) is 10.8 Å². The molecule has 9 heteroatoms. The van der Waals surface area contributed by atoms with Crippen molar-refractivity contribution < 1.29 is 58.2 Å². The SMILES string of the molecule is CC(COCC1COc2cscc2O1)CS(=O)(=O)O.[H-].[Na+]. The Morgan fingerprint density at radius 1 is 1.55 bits per heavy atom. The van der Waals surface area contributed by atoms with Gasteiger partial charge in [-0.2, -0.15) is 8.42 Å². The number of rotatable bonds is 6. The Kier molecular flexibility index (Phi) is 7.27. The Morgan fingerprint density at radius 3 is 2.95 bits per heavy atom. The van der Waals surface area contributed by atoms with Crippen LogP contribution in [0.15, 0.2) is 10.8 Å². The van der Waals surface area contributed by atoms with Crippen molar-refractivity contribution in [2.45, 2.75) is 13.0 Å². The van der Waals surface area contributed by atoms with Gasteiger partial charge in [-0.3, -0.25) is 4.55 Å². The normalized spacial score (nSPS) is 19.2. The van der Waals surface area contributed by atoms with Gasteiger partial charge in [-0.15, -0.1) is 11.3 Å². The van der Waals surface area contributed by atoms with Crippen molar-refractivity contribution in [3.8, 4) is 11.5 Å². The van der Waals surface area contributed by atoms with Gasteiger partial charge in [0.05, 0.1) is 19.0 Å². The van der Waals surface area contributed by atoms with Crippen LogP contribution in [0, 0.1) is 5.92 Å². The molecule has 0 fully saturated rings. The molecule has 110 valence electrons. The molecule has 0 saturated carbocycles. The van der Waals surface area contributed by atoms with Gasteiger partial charge in [0.15, 0.2) is 17.6 Å². The fraction of sp³-hybridized carbons (Fsp3) is 0.636. The summed E-state index contributed by atoms with van der Waals surface area (Å²) in [6, 6.07) is 0. The van der Waals surface area contributed by atoms with Crippen LogP contribution in [0.3, 0.4) is 0 Å². The molecule has 0 amide bonds. The first-order valence-corrected chi connectivity index (χ1v) is 8.38. The van der Waals surface area contributed by atoms with Gasteiger partial charge in [-0.25, -0.2) is 0 Å². The summed E-state index contributed by atoms with van der Waals surface area (Å²) < 4.78 is 46.6. The number of fused-ring (bicyclic) bond motifs is 1. The van der Waals surface area contributed by atoms with Crippen molar-refractivity contribution in [3.63, 3.8) is 0 Å². The van der Waals surface area contributed by atoms with Gasteiger partial charge in [0.25, 0.3) is 10.1 Å². The Labute approximate surface area is 145 Å². The predicted octanol–water partition coefficient (Wildman–Crippen LogP) is -1.46. The van der Waals surface area contributed by atoms with E-state index < -0.39 is 10.1 Å². The van der Waals surface area contributed by atoms with Crippen LogP contribution in [0.25, 0.3) is 0 Å². The van der Waals surface area contributed by atoms with Gasteiger partial charge in [0.1, 0.15) is 6.61 Å². The average Bonchev–Trinajstić information content (AvgIpc) is 2.73. The van der Waals surface area contributed by atoms with E-state index in [4.69, 9.17) is 18.8 Å². The third-order valence-corrected chi connectivity index (χ3v) is 4.20. The van der Waals surface area contributed by atoms with E-state index >= 15 is 0 Å². The largest absolute Gasteiger partial charge is 1.00 e. The fourth-order valence-electron chi connectivity index (χ4n) is 1.75. The maximum atomic E-state index is 10.7. The van der Waals surface area contributed by atoms with Crippen LogP contribution in [0.1, 0.15) is 8.35 Å². The minimum Gasteiger partial charge on any atom is -1.00 e. The van der Waals surface area contributed by atoms with E-state index in [1.165, 1.54) is 11.3 Å². The molecule has 1 aromatic rings. The van der Waals surface area contributed by atoms with Gasteiger partial charge in [-0.05, 0) is 5.92 Å². The molecule has 0 aromatic carbocycles. The van der Waals surface area contributed by atoms with Gasteiger partial charge in [0, 0.05) is 10.8 Å². The van der Waals surface area contributed by atoms with E-state index in [1.54, 1.807) is 6.92 Å². The van der Waals surface area contributed by atoms with E-state index in [1.807, 2.05) is 10.8 Å². The van der Waals surface area contributed by atoms with Crippen LogP contribution in [0.2, 0.25) is 0 Å².